The second-order valence-electron chi connectivity index (χ2n) is 4.55. The van der Waals surface area contributed by atoms with Crippen LogP contribution < -0.4 is 5.73 Å². The highest BCUT2D eigenvalue weighted by Gasteiger charge is 2.31. The van der Waals surface area contributed by atoms with Crippen LogP contribution in [0.15, 0.2) is 0 Å². The summed E-state index contributed by atoms with van der Waals surface area (Å²) in [7, 11) is -1.56. The second-order valence-corrected chi connectivity index (χ2v) is 6.89. The zero-order chi connectivity index (χ0) is 12.0. The third-order valence-corrected chi connectivity index (χ3v) is 5.53. The minimum absolute atomic E-state index is 0.0991. The summed E-state index contributed by atoms with van der Waals surface area (Å²) >= 11 is 0. The third-order valence-electron chi connectivity index (χ3n) is 3.29. The van der Waals surface area contributed by atoms with Crippen molar-refractivity contribution in [1.82, 2.24) is 0 Å². The summed E-state index contributed by atoms with van der Waals surface area (Å²) in [6.45, 7) is 0.269. The number of methoxy groups -OCH3 is 1. The van der Waals surface area contributed by atoms with Gasteiger partial charge in [-0.2, -0.15) is 0 Å². The summed E-state index contributed by atoms with van der Waals surface area (Å²) in [5.74, 6) is 0.0991. The molecule has 0 aliphatic heterocycles. The summed E-state index contributed by atoms with van der Waals surface area (Å²) in [4.78, 5) is 0. The van der Waals surface area contributed by atoms with E-state index in [4.69, 9.17) is 10.5 Å². The zero-order valence-electron chi connectivity index (χ0n) is 10.0. The average Bonchev–Trinajstić information content (AvgIpc) is 2.20. The minimum Gasteiger partial charge on any atom is -0.384 e. The third kappa shape index (κ3) is 4.03. The largest absolute Gasteiger partial charge is 0.384 e. The van der Waals surface area contributed by atoms with Crippen molar-refractivity contribution >= 4 is 9.84 Å². The van der Waals surface area contributed by atoms with Gasteiger partial charge in [0.2, 0.25) is 0 Å². The highest BCUT2D eigenvalue weighted by atomic mass is 32.2. The van der Waals surface area contributed by atoms with Gasteiger partial charge in [0.25, 0.3) is 0 Å². The van der Waals surface area contributed by atoms with E-state index in [1.807, 2.05) is 0 Å². The van der Waals surface area contributed by atoms with E-state index in [0.29, 0.717) is 6.42 Å². The van der Waals surface area contributed by atoms with Gasteiger partial charge in [-0.3, -0.25) is 0 Å². The number of hydrogen-bond donors (Lipinski definition) is 1. The van der Waals surface area contributed by atoms with Crippen molar-refractivity contribution in [3.63, 3.8) is 0 Å². The second kappa shape index (κ2) is 6.57. The maximum absolute atomic E-state index is 12.1. The van der Waals surface area contributed by atoms with Gasteiger partial charge in [0.05, 0.1) is 17.6 Å². The van der Waals surface area contributed by atoms with Gasteiger partial charge in [-0.25, -0.2) is 8.42 Å². The van der Waals surface area contributed by atoms with Crippen molar-refractivity contribution < 1.29 is 13.2 Å². The number of rotatable bonds is 4. The van der Waals surface area contributed by atoms with Crippen LogP contribution in [0.2, 0.25) is 0 Å². The van der Waals surface area contributed by atoms with Crippen molar-refractivity contribution in [1.29, 1.82) is 0 Å². The first-order chi connectivity index (χ1) is 7.58. The van der Waals surface area contributed by atoms with E-state index < -0.39 is 9.84 Å². The molecule has 1 rings (SSSR count). The standard InChI is InChI=1S/C11H23NO3S/c1-15-8-9-16(13,14)11-7-5-3-2-4-6-10(11)12/h10-11H,2-9,12H2,1H3. The Balaban J connectivity index is 2.65. The molecular weight excluding hydrogens is 226 g/mol. The Morgan fingerprint density at radius 1 is 1.19 bits per heavy atom. The lowest BCUT2D eigenvalue weighted by molar-refractivity contribution is 0.216. The maximum atomic E-state index is 12.1. The molecule has 5 heteroatoms. The van der Waals surface area contributed by atoms with Crippen LogP contribution in [0.4, 0.5) is 0 Å². The van der Waals surface area contributed by atoms with Crippen molar-refractivity contribution in [3.05, 3.63) is 0 Å². The van der Waals surface area contributed by atoms with E-state index in [9.17, 15) is 8.42 Å². The Hall–Kier alpha value is -0.130. The van der Waals surface area contributed by atoms with Crippen LogP contribution in [0, 0.1) is 0 Å². The zero-order valence-corrected chi connectivity index (χ0v) is 10.8. The first-order valence-corrected chi connectivity index (χ1v) is 7.75. The van der Waals surface area contributed by atoms with Gasteiger partial charge in [-0.1, -0.05) is 25.7 Å². The van der Waals surface area contributed by atoms with Gasteiger partial charge < -0.3 is 10.5 Å². The number of nitrogens with two attached hydrogens (primary N) is 1. The highest BCUT2D eigenvalue weighted by Crippen LogP contribution is 2.22. The molecule has 2 atom stereocenters. The molecule has 0 heterocycles. The molecule has 0 saturated heterocycles. The molecule has 0 bridgehead atoms. The Labute approximate surface area is 98.5 Å². The van der Waals surface area contributed by atoms with Gasteiger partial charge in [0, 0.05) is 13.2 Å². The Kier molecular flexibility index (Phi) is 5.72. The van der Waals surface area contributed by atoms with Crippen molar-refractivity contribution in [2.24, 2.45) is 5.73 Å². The fourth-order valence-corrected chi connectivity index (χ4v) is 4.17. The van der Waals surface area contributed by atoms with E-state index in [0.717, 1.165) is 25.7 Å². The fraction of sp³-hybridized carbons (Fsp3) is 1.00. The van der Waals surface area contributed by atoms with Gasteiger partial charge in [-0.15, -0.1) is 0 Å². The molecule has 1 saturated carbocycles. The molecule has 0 amide bonds. The first kappa shape index (κ1) is 13.9. The first-order valence-electron chi connectivity index (χ1n) is 6.04. The van der Waals surface area contributed by atoms with Gasteiger partial charge >= 0.3 is 0 Å². The number of hydrogen-bond acceptors (Lipinski definition) is 4. The van der Waals surface area contributed by atoms with Gasteiger partial charge in [0.1, 0.15) is 0 Å². The number of ether oxygens (including phenoxy) is 1. The Morgan fingerprint density at radius 3 is 2.44 bits per heavy atom. The summed E-state index contributed by atoms with van der Waals surface area (Å²) in [6, 6.07) is -0.192. The van der Waals surface area contributed by atoms with Crippen LogP contribution in [0.1, 0.15) is 38.5 Å². The smallest absolute Gasteiger partial charge is 0.156 e. The van der Waals surface area contributed by atoms with E-state index in [-0.39, 0.29) is 23.7 Å². The van der Waals surface area contributed by atoms with Crippen LogP contribution in [-0.2, 0) is 14.6 Å². The highest BCUT2D eigenvalue weighted by molar-refractivity contribution is 7.92. The summed E-state index contributed by atoms with van der Waals surface area (Å²) < 4.78 is 29.0. The Bertz CT molecular complexity index is 290. The summed E-state index contributed by atoms with van der Waals surface area (Å²) in [5, 5.41) is -0.358. The number of sulfone groups is 1. The van der Waals surface area contributed by atoms with Crippen LogP contribution in [0.3, 0.4) is 0 Å². The fourth-order valence-electron chi connectivity index (χ4n) is 2.28. The normalized spacial score (nSPS) is 28.4. The van der Waals surface area contributed by atoms with Crippen molar-refractivity contribution in [2.45, 2.75) is 49.8 Å². The molecule has 0 spiro atoms. The molecule has 96 valence electrons. The SMILES string of the molecule is COCCS(=O)(=O)C1CCCCCCC1N. The average molecular weight is 249 g/mol. The lowest BCUT2D eigenvalue weighted by Gasteiger charge is -2.26. The summed E-state index contributed by atoms with van der Waals surface area (Å²) in [5.41, 5.74) is 5.99. The lowest BCUT2D eigenvalue weighted by atomic mass is 9.97. The quantitative estimate of drug-likeness (QED) is 0.810. The molecule has 1 aliphatic carbocycles. The van der Waals surface area contributed by atoms with Crippen molar-refractivity contribution in [3.8, 4) is 0 Å². The van der Waals surface area contributed by atoms with Crippen molar-refractivity contribution in [2.75, 3.05) is 19.5 Å². The lowest BCUT2D eigenvalue weighted by Crippen LogP contribution is -2.42. The summed E-state index contributed by atoms with van der Waals surface area (Å²) in [6.07, 6.45) is 5.88. The predicted octanol–water partition coefficient (Wildman–Crippen LogP) is 1.10. The van der Waals surface area contributed by atoms with Crippen LogP contribution >= 0.6 is 0 Å². The van der Waals surface area contributed by atoms with E-state index in [1.54, 1.807) is 0 Å². The molecule has 1 aliphatic rings. The van der Waals surface area contributed by atoms with Crippen LogP contribution in [-0.4, -0.2) is 39.2 Å². The molecular formula is C11H23NO3S. The monoisotopic (exact) mass is 249 g/mol. The predicted molar refractivity (Wildman–Crippen MR) is 65.1 cm³/mol. The molecule has 1 fully saturated rings. The molecule has 0 radical (unpaired) electrons. The Morgan fingerprint density at radius 2 is 1.81 bits per heavy atom. The molecule has 0 aromatic rings. The molecule has 2 unspecified atom stereocenters. The minimum atomic E-state index is -3.08. The van der Waals surface area contributed by atoms with E-state index in [2.05, 4.69) is 0 Å². The molecule has 4 nitrogen and oxygen atoms in total. The molecule has 0 aromatic heterocycles. The topological polar surface area (TPSA) is 69.4 Å². The van der Waals surface area contributed by atoms with Crippen LogP contribution in [0.5, 0.6) is 0 Å². The van der Waals surface area contributed by atoms with Gasteiger partial charge in [-0.05, 0) is 12.8 Å². The molecule has 0 aromatic carbocycles. The van der Waals surface area contributed by atoms with E-state index >= 15 is 0 Å². The molecule has 2 N–H and O–H groups in total. The molecule has 16 heavy (non-hydrogen) atoms. The maximum Gasteiger partial charge on any atom is 0.156 e. The van der Waals surface area contributed by atoms with Gasteiger partial charge in [0.15, 0.2) is 9.84 Å². The van der Waals surface area contributed by atoms with Crippen LogP contribution in [0.25, 0.3) is 0 Å². The van der Waals surface area contributed by atoms with E-state index in [1.165, 1.54) is 13.5 Å².